The monoisotopic (exact) mass is 394 g/mol. The quantitative estimate of drug-likeness (QED) is 0.606. The largest absolute Gasteiger partial charge is 0.496 e. The third-order valence-electron chi connectivity index (χ3n) is 4.15. The number of rotatable bonds is 4. The Morgan fingerprint density at radius 1 is 1.39 bits per heavy atom. The number of aromatic nitrogens is 3. The molecule has 0 unspecified atom stereocenters. The van der Waals surface area contributed by atoms with Gasteiger partial charge in [-0.05, 0) is 43.3 Å². The molecule has 1 aliphatic carbocycles. The predicted octanol–water partition coefficient (Wildman–Crippen LogP) is 4.64. The number of methoxy groups -OCH3 is 1. The van der Waals surface area contributed by atoms with Crippen molar-refractivity contribution in [3.05, 3.63) is 38.8 Å². The molecule has 0 atom stereocenters. The fraction of sp³-hybridized carbons (Fsp3) is 0.438. The first-order valence-corrected chi connectivity index (χ1v) is 8.94. The van der Waals surface area contributed by atoms with Crippen LogP contribution in [0.1, 0.15) is 49.4 Å². The first kappa shape index (κ1) is 16.4. The summed E-state index contributed by atoms with van der Waals surface area (Å²) in [5.74, 6) is 2.13. The Morgan fingerprint density at radius 2 is 2.17 bits per heavy atom. The third kappa shape index (κ3) is 3.72. The summed E-state index contributed by atoms with van der Waals surface area (Å²) in [4.78, 5) is 0. The number of ether oxygens (including phenoxy) is 1. The number of benzene rings is 1. The van der Waals surface area contributed by atoms with Gasteiger partial charge in [0.25, 0.3) is 0 Å². The lowest BCUT2D eigenvalue weighted by molar-refractivity contribution is 0.414. The average molecular weight is 395 g/mol. The van der Waals surface area contributed by atoms with E-state index in [-0.39, 0.29) is 0 Å². The Morgan fingerprint density at radius 3 is 2.91 bits per heavy atom. The molecule has 0 amide bonds. The van der Waals surface area contributed by atoms with Crippen LogP contribution < -0.4 is 4.74 Å². The summed E-state index contributed by atoms with van der Waals surface area (Å²) in [6.45, 7) is 0. The molecule has 2 aromatic rings. The molecule has 0 bridgehead atoms. The van der Waals surface area contributed by atoms with Gasteiger partial charge < -0.3 is 4.74 Å². The molecule has 7 heteroatoms. The topological polar surface area (TPSA) is 55.2 Å². The third-order valence-corrected chi connectivity index (χ3v) is 4.91. The fourth-order valence-corrected chi connectivity index (χ4v) is 3.53. The van der Waals surface area contributed by atoms with Gasteiger partial charge in [-0.25, -0.2) is 0 Å². The van der Waals surface area contributed by atoms with E-state index in [1.165, 1.54) is 19.3 Å². The summed E-state index contributed by atoms with van der Waals surface area (Å²) >= 11 is 8.81. The van der Waals surface area contributed by atoms with E-state index >= 15 is 0 Å². The van der Waals surface area contributed by atoms with Crippen LogP contribution >= 0.6 is 28.1 Å². The first-order valence-electron chi connectivity index (χ1n) is 7.74. The molecular weight excluding hydrogens is 376 g/mol. The number of nitrogens with zero attached hydrogens (tertiary/aromatic N) is 3. The summed E-state index contributed by atoms with van der Waals surface area (Å²) in [5, 5.41) is 11.8. The molecule has 0 radical (unpaired) electrons. The number of nitrogens with one attached hydrogen (secondary N) is 1. The highest BCUT2D eigenvalue weighted by Crippen LogP contribution is 2.31. The van der Waals surface area contributed by atoms with Gasteiger partial charge in [-0.2, -0.15) is 14.9 Å². The van der Waals surface area contributed by atoms with Gasteiger partial charge in [0, 0.05) is 16.0 Å². The van der Waals surface area contributed by atoms with E-state index in [2.05, 4.69) is 31.2 Å². The molecule has 1 heterocycles. The highest BCUT2D eigenvalue weighted by molar-refractivity contribution is 9.10. The Bertz CT molecular complexity index is 762. The van der Waals surface area contributed by atoms with Crippen molar-refractivity contribution in [2.45, 2.75) is 38.0 Å². The van der Waals surface area contributed by atoms with Gasteiger partial charge in [0.05, 0.1) is 13.3 Å². The van der Waals surface area contributed by atoms with Crippen molar-refractivity contribution in [1.29, 1.82) is 0 Å². The van der Waals surface area contributed by atoms with E-state index < -0.39 is 0 Å². The van der Waals surface area contributed by atoms with Gasteiger partial charge >= 0.3 is 0 Å². The zero-order valence-corrected chi connectivity index (χ0v) is 15.4. The Balaban J connectivity index is 1.92. The molecule has 23 heavy (non-hydrogen) atoms. The Labute approximate surface area is 148 Å². The Kier molecular flexibility index (Phi) is 5.27. The molecule has 1 aromatic heterocycles. The smallest absolute Gasteiger partial charge is 0.216 e. The van der Waals surface area contributed by atoms with Crippen molar-refractivity contribution in [3.63, 3.8) is 0 Å². The number of halogens is 1. The summed E-state index contributed by atoms with van der Waals surface area (Å²) in [7, 11) is 1.65. The lowest BCUT2D eigenvalue weighted by Gasteiger charge is -2.19. The van der Waals surface area contributed by atoms with Crippen LogP contribution in [0.25, 0.3) is 0 Å². The molecule has 1 fully saturated rings. The number of hydrogen-bond donors (Lipinski definition) is 1. The van der Waals surface area contributed by atoms with Crippen LogP contribution in [0.2, 0.25) is 0 Å². The molecule has 1 aliphatic rings. The standard InChI is InChI=1S/C16H19BrN4OS/c1-22-14-8-7-13(17)9-12(14)10-18-21-15(19-20-16(21)23)11-5-3-2-4-6-11/h7-11H,2-6H2,1H3,(H,20,23)/b18-10+. The summed E-state index contributed by atoms with van der Waals surface area (Å²) in [5.41, 5.74) is 0.888. The lowest BCUT2D eigenvalue weighted by Crippen LogP contribution is -2.10. The maximum absolute atomic E-state index is 5.38. The summed E-state index contributed by atoms with van der Waals surface area (Å²) in [6.07, 6.45) is 7.85. The van der Waals surface area contributed by atoms with Crippen LogP contribution in [-0.4, -0.2) is 28.2 Å². The molecule has 1 N–H and O–H groups in total. The maximum atomic E-state index is 5.38. The highest BCUT2D eigenvalue weighted by atomic mass is 79.9. The van der Waals surface area contributed by atoms with E-state index in [0.29, 0.717) is 10.7 Å². The van der Waals surface area contributed by atoms with Crippen molar-refractivity contribution < 1.29 is 4.74 Å². The molecule has 5 nitrogen and oxygen atoms in total. The summed E-state index contributed by atoms with van der Waals surface area (Å²) < 4.78 is 8.62. The molecule has 0 saturated heterocycles. The van der Waals surface area contributed by atoms with E-state index in [1.54, 1.807) is 18.0 Å². The molecule has 3 rings (SSSR count). The summed E-state index contributed by atoms with van der Waals surface area (Å²) in [6, 6.07) is 5.81. The molecule has 122 valence electrons. The van der Waals surface area contributed by atoms with Gasteiger partial charge in [0.1, 0.15) is 5.75 Å². The van der Waals surface area contributed by atoms with Crippen LogP contribution in [0, 0.1) is 4.77 Å². The SMILES string of the molecule is COc1ccc(Br)cc1/C=N/n1c(C2CCCCC2)n[nH]c1=S. The van der Waals surface area contributed by atoms with Crippen LogP contribution in [0.15, 0.2) is 27.8 Å². The number of H-pyrrole nitrogens is 1. The number of aromatic amines is 1. The minimum atomic E-state index is 0.429. The normalized spacial score (nSPS) is 16.1. The van der Waals surface area contributed by atoms with E-state index in [9.17, 15) is 0 Å². The molecule has 0 aliphatic heterocycles. The van der Waals surface area contributed by atoms with Gasteiger partial charge in [-0.15, -0.1) is 0 Å². The highest BCUT2D eigenvalue weighted by Gasteiger charge is 2.21. The first-order chi connectivity index (χ1) is 11.2. The van der Waals surface area contributed by atoms with Crippen LogP contribution in [-0.2, 0) is 0 Å². The van der Waals surface area contributed by atoms with Crippen LogP contribution in [0.4, 0.5) is 0 Å². The minimum absolute atomic E-state index is 0.429. The van der Waals surface area contributed by atoms with E-state index in [4.69, 9.17) is 17.0 Å². The zero-order valence-electron chi connectivity index (χ0n) is 13.0. The maximum Gasteiger partial charge on any atom is 0.216 e. The number of hydrogen-bond acceptors (Lipinski definition) is 4. The van der Waals surface area contributed by atoms with Crippen molar-refractivity contribution in [3.8, 4) is 5.75 Å². The van der Waals surface area contributed by atoms with Crippen LogP contribution in [0.5, 0.6) is 5.75 Å². The lowest BCUT2D eigenvalue weighted by atomic mass is 9.89. The van der Waals surface area contributed by atoms with Crippen molar-refractivity contribution in [1.82, 2.24) is 14.9 Å². The second-order valence-electron chi connectivity index (χ2n) is 5.66. The van der Waals surface area contributed by atoms with E-state index in [1.807, 2.05) is 18.2 Å². The van der Waals surface area contributed by atoms with Crippen molar-refractivity contribution in [2.24, 2.45) is 5.10 Å². The molecule has 1 aromatic carbocycles. The van der Waals surface area contributed by atoms with Gasteiger partial charge in [0.15, 0.2) is 5.82 Å². The zero-order chi connectivity index (χ0) is 16.2. The Hall–Kier alpha value is -1.47. The minimum Gasteiger partial charge on any atom is -0.496 e. The second kappa shape index (κ2) is 7.40. The van der Waals surface area contributed by atoms with E-state index in [0.717, 1.165) is 34.5 Å². The molecular formula is C16H19BrN4OS. The predicted molar refractivity (Wildman–Crippen MR) is 96.9 cm³/mol. The fourth-order valence-electron chi connectivity index (χ4n) is 2.97. The van der Waals surface area contributed by atoms with Gasteiger partial charge in [-0.1, -0.05) is 35.2 Å². The molecule has 0 spiro atoms. The van der Waals surface area contributed by atoms with Gasteiger partial charge in [-0.3, -0.25) is 5.10 Å². The molecule has 1 saturated carbocycles. The van der Waals surface area contributed by atoms with Crippen molar-refractivity contribution >= 4 is 34.4 Å². The van der Waals surface area contributed by atoms with Crippen molar-refractivity contribution in [2.75, 3.05) is 7.11 Å². The van der Waals surface area contributed by atoms with Gasteiger partial charge in [0.2, 0.25) is 4.77 Å². The second-order valence-corrected chi connectivity index (χ2v) is 6.97. The van der Waals surface area contributed by atoms with Crippen LogP contribution in [0.3, 0.4) is 0 Å². The average Bonchev–Trinajstić information content (AvgIpc) is 2.94.